The van der Waals surface area contributed by atoms with Crippen molar-refractivity contribution in [2.45, 2.75) is 71.0 Å². The molecule has 1 aliphatic heterocycles. The van der Waals surface area contributed by atoms with Crippen LogP contribution in [-0.4, -0.2) is 20.8 Å². The minimum absolute atomic E-state index is 0.0293. The summed E-state index contributed by atoms with van der Waals surface area (Å²) in [5.41, 5.74) is 20.2. The number of aromatic nitrogens is 2. The molecule has 384 valence electrons. The Morgan fingerprint density at radius 2 is 1.15 bits per heavy atom. The van der Waals surface area contributed by atoms with Crippen LogP contribution in [-0.2, 0) is 12.0 Å². The SMILES string of the molecule is CC(C)(C)c1ccc2c(c1)c1ccc(-n3c4ccccc4c4ccccc43)cc1n2Cc1c(C2=CCC(C3=CCCC=C3)C=C2)cc(C2=NC(c3ccccc3)N=C(C3=CCCC=C3)N2)cc1-c1ccc(-c2ccccc2)cc1. The second-order valence-electron chi connectivity index (χ2n) is 22.7. The molecule has 0 amide bonds. The number of rotatable bonds is 10. The summed E-state index contributed by atoms with van der Waals surface area (Å²) in [6, 6.07) is 67.3. The van der Waals surface area contributed by atoms with Gasteiger partial charge in [-0.25, -0.2) is 9.98 Å². The highest BCUT2D eigenvalue weighted by molar-refractivity contribution is 6.17. The third-order valence-electron chi connectivity index (χ3n) is 16.7. The van der Waals surface area contributed by atoms with Gasteiger partial charge in [0, 0.05) is 56.3 Å². The van der Waals surface area contributed by atoms with E-state index in [9.17, 15) is 0 Å². The fourth-order valence-corrected chi connectivity index (χ4v) is 12.5. The second kappa shape index (κ2) is 20.1. The van der Waals surface area contributed by atoms with Gasteiger partial charge in [-0.15, -0.1) is 0 Å². The second-order valence-corrected chi connectivity index (χ2v) is 22.7. The summed E-state index contributed by atoms with van der Waals surface area (Å²) < 4.78 is 5.06. The van der Waals surface area contributed by atoms with Gasteiger partial charge >= 0.3 is 0 Å². The predicted molar refractivity (Wildman–Crippen MR) is 333 cm³/mol. The summed E-state index contributed by atoms with van der Waals surface area (Å²) in [5, 5.41) is 8.85. The monoisotopic (exact) mass is 1020 g/mol. The first-order chi connectivity index (χ1) is 38.8. The van der Waals surface area contributed by atoms with E-state index in [1.165, 1.54) is 88.1 Å². The Bertz CT molecular complexity index is 4240. The van der Waals surface area contributed by atoms with Gasteiger partial charge in [-0.1, -0.05) is 209 Å². The molecule has 2 aromatic heterocycles. The van der Waals surface area contributed by atoms with E-state index in [2.05, 4.69) is 272 Å². The van der Waals surface area contributed by atoms with Crippen LogP contribution in [0.5, 0.6) is 0 Å². The Morgan fingerprint density at radius 3 is 1.85 bits per heavy atom. The third-order valence-corrected chi connectivity index (χ3v) is 16.7. The lowest BCUT2D eigenvalue weighted by Gasteiger charge is -2.26. The lowest BCUT2D eigenvalue weighted by molar-refractivity contribution is 0.591. The molecule has 0 spiro atoms. The van der Waals surface area contributed by atoms with Crippen LogP contribution in [0.2, 0.25) is 0 Å². The van der Waals surface area contributed by atoms with Crippen LogP contribution in [0.1, 0.15) is 86.9 Å². The van der Waals surface area contributed by atoms with Gasteiger partial charge in [0.2, 0.25) is 0 Å². The number of benzene rings is 8. The highest BCUT2D eigenvalue weighted by atomic mass is 15.2. The van der Waals surface area contributed by atoms with E-state index in [1.54, 1.807) is 0 Å². The van der Waals surface area contributed by atoms with Crippen molar-refractivity contribution in [1.82, 2.24) is 14.5 Å². The zero-order chi connectivity index (χ0) is 53.0. The number of para-hydroxylation sites is 2. The number of nitrogens with zero attached hydrogens (tertiary/aromatic N) is 4. The fourth-order valence-electron chi connectivity index (χ4n) is 12.5. The standard InChI is InChI=1S/C74H63N5/c1-74(2,3)58-40-43-67-65(46-58)62-42-41-59(79-68-30-18-16-28-60(68)61-29-17-19-31-69(61)79)47-70(62)78(67)48-66-63(53-36-32-51(33-37-53)49-20-8-4-9-21-49)44-57(45-64(66)54-38-34-52(35-39-54)50-22-10-5-11-23-50)73-76-71(55-24-12-6-13-25-55)75-72(77-73)56-26-14-7-15-27-56/h4,6,8-10,12-14,16-34,36-47,52,71H,5,7,11,15,35,48H2,1-3H3,(H,75,76,77). The molecule has 14 rings (SSSR count). The van der Waals surface area contributed by atoms with Gasteiger partial charge in [-0.2, -0.15) is 0 Å². The first-order valence-corrected chi connectivity index (χ1v) is 28.3. The van der Waals surface area contributed by atoms with Crippen molar-refractivity contribution in [3.8, 4) is 27.9 Å². The van der Waals surface area contributed by atoms with Crippen molar-refractivity contribution >= 4 is 60.9 Å². The molecule has 4 aliphatic rings. The van der Waals surface area contributed by atoms with Crippen LogP contribution >= 0.6 is 0 Å². The van der Waals surface area contributed by atoms with E-state index >= 15 is 0 Å². The maximum Gasteiger partial charge on any atom is 0.169 e. The van der Waals surface area contributed by atoms with Crippen LogP contribution in [0.3, 0.4) is 0 Å². The largest absolute Gasteiger partial charge is 0.336 e. The zero-order valence-corrected chi connectivity index (χ0v) is 45.2. The summed E-state index contributed by atoms with van der Waals surface area (Å²) in [6.07, 6.45) is 25.9. The van der Waals surface area contributed by atoms with Crippen molar-refractivity contribution in [1.29, 1.82) is 0 Å². The molecule has 2 atom stereocenters. The molecule has 10 aromatic rings. The molecular formula is C74H63N5. The van der Waals surface area contributed by atoms with Crippen molar-refractivity contribution in [3.63, 3.8) is 0 Å². The lowest BCUT2D eigenvalue weighted by Crippen LogP contribution is -2.36. The molecule has 0 saturated carbocycles. The molecule has 0 fully saturated rings. The molecule has 3 heterocycles. The molecule has 8 aromatic carbocycles. The first kappa shape index (κ1) is 48.3. The molecular weight excluding hydrogens is 959 g/mol. The average molecular weight is 1020 g/mol. The number of allylic oxidation sites excluding steroid dienone is 10. The molecule has 79 heavy (non-hydrogen) atoms. The topological polar surface area (TPSA) is 46.6 Å². The summed E-state index contributed by atoms with van der Waals surface area (Å²) in [6.45, 7) is 7.58. The van der Waals surface area contributed by atoms with Crippen molar-refractivity contribution < 1.29 is 0 Å². The lowest BCUT2D eigenvalue weighted by atomic mass is 9.83. The van der Waals surface area contributed by atoms with Gasteiger partial charge in [-0.05, 0) is 142 Å². The van der Waals surface area contributed by atoms with E-state index in [1.807, 2.05) is 0 Å². The van der Waals surface area contributed by atoms with Crippen LogP contribution in [0.25, 0.3) is 77.1 Å². The van der Waals surface area contributed by atoms with Gasteiger partial charge in [0.05, 0.1) is 16.6 Å². The summed E-state index contributed by atoms with van der Waals surface area (Å²) in [5.74, 6) is 1.99. The Balaban J connectivity index is 1.02. The first-order valence-electron chi connectivity index (χ1n) is 28.3. The van der Waals surface area contributed by atoms with Gasteiger partial charge in [0.1, 0.15) is 11.7 Å². The summed E-state index contributed by atoms with van der Waals surface area (Å²) in [4.78, 5) is 10.8. The van der Waals surface area contributed by atoms with Crippen LogP contribution < -0.4 is 5.32 Å². The molecule has 5 heteroatoms. The van der Waals surface area contributed by atoms with E-state index in [4.69, 9.17) is 9.98 Å². The smallest absolute Gasteiger partial charge is 0.169 e. The molecule has 5 nitrogen and oxygen atoms in total. The van der Waals surface area contributed by atoms with Crippen LogP contribution in [0.15, 0.2) is 258 Å². The maximum absolute atomic E-state index is 5.51. The summed E-state index contributed by atoms with van der Waals surface area (Å²) in [7, 11) is 0. The normalized spacial score (nSPS) is 17.4. The Labute approximate surface area is 463 Å². The molecule has 2 unspecified atom stereocenters. The van der Waals surface area contributed by atoms with Crippen LogP contribution in [0.4, 0.5) is 0 Å². The van der Waals surface area contributed by atoms with Crippen LogP contribution in [0, 0.1) is 5.92 Å². The van der Waals surface area contributed by atoms with Crippen molar-refractivity contribution in [2.24, 2.45) is 15.9 Å². The molecule has 3 aliphatic carbocycles. The minimum Gasteiger partial charge on any atom is -0.336 e. The van der Waals surface area contributed by atoms with E-state index < -0.39 is 6.17 Å². The molecule has 1 N–H and O–H groups in total. The Hall–Kier alpha value is -9.06. The van der Waals surface area contributed by atoms with E-state index in [0.717, 1.165) is 71.7 Å². The number of fused-ring (bicyclic) bond motifs is 6. The highest BCUT2D eigenvalue weighted by Gasteiger charge is 2.27. The number of nitrogens with one attached hydrogen (secondary N) is 1. The molecule has 0 saturated heterocycles. The Kier molecular flexibility index (Phi) is 12.3. The Morgan fingerprint density at radius 1 is 0.494 bits per heavy atom. The van der Waals surface area contributed by atoms with Crippen molar-refractivity contribution in [2.75, 3.05) is 0 Å². The number of hydrogen-bond acceptors (Lipinski definition) is 3. The number of hydrogen-bond donors (Lipinski definition) is 1. The third kappa shape index (κ3) is 9.03. The van der Waals surface area contributed by atoms with Crippen molar-refractivity contribution in [3.05, 3.63) is 276 Å². The van der Waals surface area contributed by atoms with E-state index in [-0.39, 0.29) is 5.41 Å². The maximum atomic E-state index is 5.51. The average Bonchev–Trinajstić information content (AvgIpc) is 4.21. The van der Waals surface area contributed by atoms with Gasteiger partial charge in [0.25, 0.3) is 0 Å². The minimum atomic E-state index is -0.411. The number of amidine groups is 2. The van der Waals surface area contributed by atoms with Gasteiger partial charge < -0.3 is 14.5 Å². The molecule has 0 radical (unpaired) electrons. The van der Waals surface area contributed by atoms with E-state index in [0.29, 0.717) is 12.5 Å². The van der Waals surface area contributed by atoms with Gasteiger partial charge in [-0.3, -0.25) is 0 Å². The molecule has 0 bridgehead atoms. The van der Waals surface area contributed by atoms with Gasteiger partial charge in [0.15, 0.2) is 6.17 Å². The number of aliphatic imine (C=N–C) groups is 2. The zero-order valence-electron chi connectivity index (χ0n) is 45.2. The highest BCUT2D eigenvalue weighted by Crippen LogP contribution is 2.42. The predicted octanol–water partition coefficient (Wildman–Crippen LogP) is 18.5. The quantitative estimate of drug-likeness (QED) is 0.146. The fraction of sp³-hybridized carbons (Fsp3) is 0.162. The summed E-state index contributed by atoms with van der Waals surface area (Å²) >= 11 is 0.